The molecule has 0 aliphatic rings. The third-order valence-electron chi connectivity index (χ3n) is 16.9. The molecule has 0 N–H and O–H groups in total. The topological polar surface area (TPSA) is 0 Å². The van der Waals surface area contributed by atoms with Crippen molar-refractivity contribution in [2.45, 2.75) is 0 Å². The molecule has 0 nitrogen and oxygen atoms in total. The first kappa shape index (κ1) is 56.0. The fourth-order valence-electron chi connectivity index (χ4n) is 13.0. The summed E-state index contributed by atoms with van der Waals surface area (Å²) in [6.45, 7) is 0. The van der Waals surface area contributed by atoms with Gasteiger partial charge in [-0.15, -0.1) is 51.4 Å². The Hall–Kier alpha value is -13.1. The zero-order chi connectivity index (χ0) is 61.8. The molecule has 0 radical (unpaired) electrons. The lowest BCUT2D eigenvalue weighted by Crippen LogP contribution is -1.98. The summed E-state index contributed by atoms with van der Waals surface area (Å²) in [5, 5.41) is 4.19. The van der Waals surface area contributed by atoms with Gasteiger partial charge in [0.1, 0.15) is 0 Å². The minimum atomic E-state index is 0.616. The van der Waals surface area contributed by atoms with E-state index in [1.165, 1.54) is 0 Å². The van der Waals surface area contributed by atoms with Gasteiger partial charge >= 0.3 is 0 Å². The van der Waals surface area contributed by atoms with Crippen LogP contribution in [0.4, 0.5) is 0 Å². The Labute approximate surface area is 527 Å². The lowest BCUT2D eigenvalue weighted by atomic mass is 9.80. The number of terminal acetylenes is 8. The van der Waals surface area contributed by atoms with Crippen molar-refractivity contribution in [3.8, 4) is 210 Å². The minimum absolute atomic E-state index is 0.616. The van der Waals surface area contributed by atoms with E-state index in [0.717, 1.165) is 133 Å². The van der Waals surface area contributed by atoms with Gasteiger partial charge < -0.3 is 0 Å². The molecule has 0 saturated heterocycles. The number of benzene rings is 13. The molecule has 410 valence electrons. The molecule has 0 saturated carbocycles. The van der Waals surface area contributed by atoms with Gasteiger partial charge in [-0.3, -0.25) is 0 Å². The zero-order valence-corrected chi connectivity index (χ0v) is 48.9. The van der Waals surface area contributed by atoms with Crippen molar-refractivity contribution in [1.29, 1.82) is 0 Å². The third-order valence-corrected chi connectivity index (χ3v) is 16.9. The summed E-state index contributed by atoms with van der Waals surface area (Å²) in [5.74, 6) is 23.2. The molecule has 90 heavy (non-hydrogen) atoms. The van der Waals surface area contributed by atoms with Gasteiger partial charge in [0.25, 0.3) is 0 Å². The summed E-state index contributed by atoms with van der Waals surface area (Å²) in [7, 11) is 0. The molecular weight excluding hydrogens is 1080 g/mol. The minimum Gasteiger partial charge on any atom is -0.115 e. The quantitative estimate of drug-likeness (QED) is 0.0946. The van der Waals surface area contributed by atoms with Gasteiger partial charge in [0, 0.05) is 44.5 Å². The second-order valence-corrected chi connectivity index (χ2v) is 21.7. The molecule has 0 spiro atoms. The highest BCUT2D eigenvalue weighted by Crippen LogP contribution is 2.51. The van der Waals surface area contributed by atoms with Crippen molar-refractivity contribution in [3.63, 3.8) is 0 Å². The van der Waals surface area contributed by atoms with E-state index in [9.17, 15) is 0 Å². The third kappa shape index (κ3) is 9.73. The molecule has 0 atom stereocenters. The Morgan fingerprint density at radius 2 is 0.389 bits per heavy atom. The Balaban J connectivity index is 1.14. The SMILES string of the molecule is C#Cc1cccc(-c2cccc(-c3cccc(C#C)c3C#C)c2-c2cc(-c3ccccc3)cc(-c3c4ccccc4c(-c4cc(-c5ccccc5)cc(-c5c(-c6cccc(C#C)c6C#C)cccc5-c5cccc(C#C)c5C#C)c4)c4ccccc34)c2)c1C#C. The van der Waals surface area contributed by atoms with E-state index in [-0.39, 0.29) is 0 Å². The van der Waals surface area contributed by atoms with Gasteiger partial charge in [-0.1, -0.05) is 241 Å². The molecule has 0 fully saturated rings. The Bertz CT molecular complexity index is 4900. The molecule has 0 unspecified atom stereocenters. The predicted molar refractivity (Wildman–Crippen MR) is 379 cm³/mol. The van der Waals surface area contributed by atoms with E-state index in [4.69, 9.17) is 51.4 Å². The maximum atomic E-state index is 6.40. The van der Waals surface area contributed by atoms with Crippen molar-refractivity contribution in [2.75, 3.05) is 0 Å². The van der Waals surface area contributed by atoms with Gasteiger partial charge in [0.15, 0.2) is 0 Å². The monoisotopic (exact) mass is 1130 g/mol. The first-order chi connectivity index (χ1) is 44.3. The van der Waals surface area contributed by atoms with Crippen LogP contribution in [-0.2, 0) is 0 Å². The fourth-order valence-corrected chi connectivity index (χ4v) is 13.0. The summed E-state index contributed by atoms with van der Waals surface area (Å²) >= 11 is 0. The van der Waals surface area contributed by atoms with Crippen LogP contribution in [-0.4, -0.2) is 0 Å². The highest BCUT2D eigenvalue weighted by molar-refractivity contribution is 6.22. The van der Waals surface area contributed by atoms with Crippen molar-refractivity contribution in [3.05, 3.63) is 299 Å². The van der Waals surface area contributed by atoms with Crippen molar-refractivity contribution >= 4 is 21.5 Å². The summed E-state index contributed by atoms with van der Waals surface area (Å²) in [5.41, 5.74) is 23.5. The van der Waals surface area contributed by atoms with Crippen LogP contribution in [0.1, 0.15) is 44.5 Å². The van der Waals surface area contributed by atoms with E-state index >= 15 is 0 Å². The molecule has 0 aromatic heterocycles. The number of fused-ring (bicyclic) bond motifs is 2. The maximum Gasteiger partial charge on any atom is 0.0477 e. The van der Waals surface area contributed by atoms with E-state index in [0.29, 0.717) is 44.5 Å². The van der Waals surface area contributed by atoms with Gasteiger partial charge in [-0.25, -0.2) is 0 Å². The Morgan fingerprint density at radius 1 is 0.167 bits per heavy atom. The molecular formula is C90H50. The molecule has 0 heterocycles. The van der Waals surface area contributed by atoms with E-state index < -0.39 is 0 Å². The summed E-state index contributed by atoms with van der Waals surface area (Å²) in [4.78, 5) is 0. The highest BCUT2D eigenvalue weighted by Gasteiger charge is 2.26. The maximum absolute atomic E-state index is 6.40. The molecule has 0 heteroatoms. The second kappa shape index (κ2) is 24.1. The van der Waals surface area contributed by atoms with E-state index in [2.05, 4.69) is 205 Å². The normalized spacial score (nSPS) is 10.6. The average Bonchev–Trinajstić information content (AvgIpc) is 0.771. The molecule has 0 amide bonds. The molecule has 0 aliphatic carbocycles. The smallest absolute Gasteiger partial charge is 0.0477 e. The highest BCUT2D eigenvalue weighted by atomic mass is 14.3. The number of hydrogen-bond acceptors (Lipinski definition) is 0. The molecule has 0 bridgehead atoms. The second-order valence-electron chi connectivity index (χ2n) is 21.7. The summed E-state index contributed by atoms with van der Waals surface area (Å²) in [6, 6.07) is 88.1. The lowest BCUT2D eigenvalue weighted by Gasteiger charge is -2.23. The van der Waals surface area contributed by atoms with Gasteiger partial charge in [-0.2, -0.15) is 0 Å². The Kier molecular flexibility index (Phi) is 15.0. The van der Waals surface area contributed by atoms with E-state index in [1.54, 1.807) is 0 Å². The van der Waals surface area contributed by atoms with Crippen LogP contribution in [0.15, 0.2) is 255 Å². The number of hydrogen-bond donors (Lipinski definition) is 0. The summed E-state index contributed by atoms with van der Waals surface area (Å²) < 4.78 is 0. The summed E-state index contributed by atoms with van der Waals surface area (Å²) in [6.07, 6.45) is 50.3. The van der Waals surface area contributed by atoms with Crippen LogP contribution in [0.25, 0.3) is 133 Å². The number of rotatable bonds is 10. The van der Waals surface area contributed by atoms with Crippen LogP contribution < -0.4 is 0 Å². The molecule has 0 aliphatic heterocycles. The first-order valence-corrected chi connectivity index (χ1v) is 29.2. The van der Waals surface area contributed by atoms with Gasteiger partial charge in [-0.05, 0) is 193 Å². The van der Waals surface area contributed by atoms with Crippen molar-refractivity contribution in [2.24, 2.45) is 0 Å². The molecule has 13 rings (SSSR count). The first-order valence-electron chi connectivity index (χ1n) is 29.2. The van der Waals surface area contributed by atoms with Crippen molar-refractivity contribution in [1.82, 2.24) is 0 Å². The van der Waals surface area contributed by atoms with Crippen LogP contribution >= 0.6 is 0 Å². The van der Waals surface area contributed by atoms with Gasteiger partial charge in [0.2, 0.25) is 0 Å². The predicted octanol–water partition coefficient (Wildman–Crippen LogP) is 20.5. The van der Waals surface area contributed by atoms with Crippen LogP contribution in [0.3, 0.4) is 0 Å². The van der Waals surface area contributed by atoms with Crippen LogP contribution in [0.2, 0.25) is 0 Å². The molecule has 13 aromatic carbocycles. The van der Waals surface area contributed by atoms with E-state index in [1.807, 2.05) is 97.1 Å². The largest absolute Gasteiger partial charge is 0.115 e. The molecule has 13 aromatic rings. The fraction of sp³-hybridized carbons (Fsp3) is 0. The zero-order valence-electron chi connectivity index (χ0n) is 48.9. The average molecular weight is 1130 g/mol. The lowest BCUT2D eigenvalue weighted by molar-refractivity contribution is 1.51. The standard InChI is InChI=1S/C90H50/c1-9-59-37-27-45-75(71(59)13-5)79-49-31-50-80(76-46-28-38-60(10-2)72(76)14-6)87(79)67-53-65(63-33-19-17-20-34-63)55-69(57-67)89-83-41-23-25-43-85(83)90(86-44-26-24-42-84(86)89)70-56-66(64-35-21-18-22-36-64)54-68(58-70)88-81(77-47-29-39-61(11-3)73(77)15-7)51-32-52-82(88)78-48-30-40-62(12-4)74(78)16-8/h1-8,17-58H. The van der Waals surface area contributed by atoms with Gasteiger partial charge in [0.05, 0.1) is 0 Å². The Morgan fingerprint density at radius 3 is 0.644 bits per heavy atom. The van der Waals surface area contributed by atoms with Crippen LogP contribution in [0.5, 0.6) is 0 Å². The van der Waals surface area contributed by atoms with Crippen molar-refractivity contribution < 1.29 is 0 Å². The van der Waals surface area contributed by atoms with Crippen LogP contribution in [0, 0.1) is 98.8 Å².